The standard InChI is InChI=1S/C25H31N3O4S/c1-25(2)13-19-21(23(27-8-10-32-11-9-27)33-22(19)20(30)14-25)16-4-3-5-17(12-16)26-24(31)28-7-6-18(29)15-28/h3-5,12,18,29H,6-11,13-15H2,1-2H3,(H,26,31)/t18-/m1/s1. The zero-order chi connectivity index (χ0) is 23.2. The summed E-state index contributed by atoms with van der Waals surface area (Å²) in [5.41, 5.74) is 3.90. The second-order valence-electron chi connectivity index (χ2n) is 10.0. The van der Waals surface area contributed by atoms with Crippen LogP contribution in [0.15, 0.2) is 24.3 Å². The van der Waals surface area contributed by atoms with Crippen LogP contribution >= 0.6 is 11.3 Å². The molecule has 0 spiro atoms. The zero-order valence-corrected chi connectivity index (χ0v) is 20.0. The fourth-order valence-electron chi connectivity index (χ4n) is 5.07. The van der Waals surface area contributed by atoms with E-state index in [1.807, 2.05) is 18.2 Å². The van der Waals surface area contributed by atoms with Gasteiger partial charge in [-0.3, -0.25) is 4.79 Å². The van der Waals surface area contributed by atoms with E-state index in [1.54, 1.807) is 16.2 Å². The predicted octanol–water partition coefficient (Wildman–Crippen LogP) is 4.01. The molecule has 1 aromatic heterocycles. The summed E-state index contributed by atoms with van der Waals surface area (Å²) in [6.45, 7) is 8.20. The van der Waals surface area contributed by atoms with Crippen molar-refractivity contribution in [3.05, 3.63) is 34.7 Å². The molecule has 1 aliphatic carbocycles. The smallest absolute Gasteiger partial charge is 0.321 e. The summed E-state index contributed by atoms with van der Waals surface area (Å²) < 4.78 is 5.57. The molecule has 0 saturated carbocycles. The lowest BCUT2D eigenvalue weighted by atomic mass is 9.75. The topological polar surface area (TPSA) is 82.1 Å². The molecule has 176 valence electrons. The number of anilines is 2. The van der Waals surface area contributed by atoms with E-state index in [9.17, 15) is 14.7 Å². The van der Waals surface area contributed by atoms with Gasteiger partial charge in [0.2, 0.25) is 0 Å². The van der Waals surface area contributed by atoms with Gasteiger partial charge in [0.05, 0.1) is 29.2 Å². The van der Waals surface area contributed by atoms with Crippen LogP contribution in [0.2, 0.25) is 0 Å². The van der Waals surface area contributed by atoms with Crippen molar-refractivity contribution in [1.82, 2.24) is 4.90 Å². The highest BCUT2D eigenvalue weighted by atomic mass is 32.1. The van der Waals surface area contributed by atoms with E-state index in [0.29, 0.717) is 44.8 Å². The van der Waals surface area contributed by atoms with E-state index in [0.717, 1.165) is 46.1 Å². The number of ketones is 1. The van der Waals surface area contributed by atoms with Crippen LogP contribution in [-0.4, -0.2) is 67.3 Å². The van der Waals surface area contributed by atoms with Gasteiger partial charge in [-0.25, -0.2) is 4.79 Å². The number of amides is 2. The summed E-state index contributed by atoms with van der Waals surface area (Å²) in [7, 11) is 0. The average molecular weight is 470 g/mol. The molecule has 7 nitrogen and oxygen atoms in total. The number of carbonyl (C=O) groups is 2. The number of morpholine rings is 1. The van der Waals surface area contributed by atoms with Crippen LogP contribution in [0.1, 0.15) is 41.9 Å². The van der Waals surface area contributed by atoms with Crippen molar-refractivity contribution in [3.8, 4) is 11.1 Å². The summed E-state index contributed by atoms with van der Waals surface area (Å²) in [4.78, 5) is 30.6. The molecule has 1 atom stereocenters. The Morgan fingerprint density at radius 1 is 1.21 bits per heavy atom. The Morgan fingerprint density at radius 2 is 2.00 bits per heavy atom. The maximum Gasteiger partial charge on any atom is 0.321 e. The van der Waals surface area contributed by atoms with E-state index >= 15 is 0 Å². The molecule has 3 heterocycles. The first kappa shape index (κ1) is 22.4. The number of carbonyl (C=O) groups excluding carboxylic acids is 2. The summed E-state index contributed by atoms with van der Waals surface area (Å²) in [5.74, 6) is 0.226. The Bertz CT molecular complexity index is 1070. The summed E-state index contributed by atoms with van der Waals surface area (Å²) >= 11 is 1.61. The second-order valence-corrected chi connectivity index (χ2v) is 11.0. The highest BCUT2D eigenvalue weighted by Crippen LogP contribution is 2.49. The summed E-state index contributed by atoms with van der Waals surface area (Å²) in [6, 6.07) is 7.71. The first-order valence-corrected chi connectivity index (χ1v) is 12.5. The Hall–Kier alpha value is -2.42. The number of urea groups is 1. The van der Waals surface area contributed by atoms with E-state index in [1.165, 1.54) is 0 Å². The van der Waals surface area contributed by atoms with Gasteiger partial charge in [0.1, 0.15) is 0 Å². The Morgan fingerprint density at radius 3 is 2.73 bits per heavy atom. The molecule has 2 N–H and O–H groups in total. The number of benzene rings is 1. The maximum absolute atomic E-state index is 13.1. The van der Waals surface area contributed by atoms with Crippen LogP contribution in [0.4, 0.5) is 15.5 Å². The van der Waals surface area contributed by atoms with Crippen LogP contribution in [0.25, 0.3) is 11.1 Å². The SMILES string of the molecule is CC1(C)CC(=O)c2sc(N3CCOCC3)c(-c3cccc(NC(=O)N4CC[C@@H](O)C4)c3)c2C1. The number of fused-ring (bicyclic) bond motifs is 1. The van der Waals surface area contributed by atoms with E-state index in [-0.39, 0.29) is 17.2 Å². The highest BCUT2D eigenvalue weighted by molar-refractivity contribution is 7.19. The molecule has 5 rings (SSSR count). The van der Waals surface area contributed by atoms with Gasteiger partial charge < -0.3 is 25.0 Å². The monoisotopic (exact) mass is 469 g/mol. The average Bonchev–Trinajstić information content (AvgIpc) is 3.38. The minimum Gasteiger partial charge on any atom is -0.391 e. The van der Waals surface area contributed by atoms with Gasteiger partial charge >= 0.3 is 6.03 Å². The van der Waals surface area contributed by atoms with Crippen molar-refractivity contribution in [2.24, 2.45) is 5.41 Å². The van der Waals surface area contributed by atoms with Gasteiger partial charge in [-0.15, -0.1) is 11.3 Å². The number of likely N-dealkylation sites (tertiary alicyclic amines) is 1. The minimum atomic E-state index is -0.448. The van der Waals surface area contributed by atoms with Crippen LogP contribution in [-0.2, 0) is 11.2 Å². The lowest BCUT2D eigenvalue weighted by molar-refractivity contribution is 0.0918. The number of β-amino-alcohol motifs (C(OH)–C–C–N with tert-alkyl or cyclic N) is 1. The van der Waals surface area contributed by atoms with Crippen LogP contribution in [0, 0.1) is 5.41 Å². The summed E-state index contributed by atoms with van der Waals surface area (Å²) in [6.07, 6.45) is 1.59. The summed E-state index contributed by atoms with van der Waals surface area (Å²) in [5, 5.41) is 13.9. The van der Waals surface area contributed by atoms with Crippen molar-refractivity contribution in [2.75, 3.05) is 49.6 Å². The van der Waals surface area contributed by atoms with Gasteiger partial charge in [0.25, 0.3) is 0 Å². The Labute approximate surface area is 198 Å². The Balaban J connectivity index is 1.52. The van der Waals surface area contributed by atoms with E-state index in [2.05, 4.69) is 30.1 Å². The normalized spacial score (nSPS) is 22.4. The molecule has 8 heteroatoms. The minimum absolute atomic E-state index is 0.0788. The molecule has 2 saturated heterocycles. The molecule has 1 aromatic carbocycles. The number of aliphatic hydroxyl groups excluding tert-OH is 1. The number of Topliss-reactive ketones (excluding diaryl/α,β-unsaturated/α-hetero) is 1. The molecule has 2 amide bonds. The number of aliphatic hydroxyl groups is 1. The molecule has 2 aromatic rings. The van der Waals surface area contributed by atoms with Gasteiger partial charge in [0, 0.05) is 43.9 Å². The number of thiophene rings is 1. The molecular weight excluding hydrogens is 438 g/mol. The lowest BCUT2D eigenvalue weighted by Gasteiger charge is -2.30. The third kappa shape index (κ3) is 4.52. The number of rotatable bonds is 3. The molecule has 33 heavy (non-hydrogen) atoms. The van der Waals surface area contributed by atoms with Crippen molar-refractivity contribution in [3.63, 3.8) is 0 Å². The lowest BCUT2D eigenvalue weighted by Crippen LogP contribution is -2.36. The Kier molecular flexibility index (Phi) is 5.93. The molecule has 0 radical (unpaired) electrons. The first-order chi connectivity index (χ1) is 15.8. The van der Waals surface area contributed by atoms with Crippen LogP contribution < -0.4 is 10.2 Å². The third-order valence-corrected chi connectivity index (χ3v) is 8.02. The van der Waals surface area contributed by atoms with Crippen LogP contribution in [0.3, 0.4) is 0 Å². The van der Waals surface area contributed by atoms with Crippen molar-refractivity contribution in [1.29, 1.82) is 0 Å². The largest absolute Gasteiger partial charge is 0.391 e. The predicted molar refractivity (Wildman–Crippen MR) is 130 cm³/mol. The van der Waals surface area contributed by atoms with Crippen molar-refractivity contribution in [2.45, 2.75) is 39.2 Å². The zero-order valence-electron chi connectivity index (χ0n) is 19.2. The number of hydrogen-bond donors (Lipinski definition) is 2. The first-order valence-electron chi connectivity index (χ1n) is 11.7. The molecule has 2 aliphatic heterocycles. The molecule has 2 fully saturated rings. The fraction of sp³-hybridized carbons (Fsp3) is 0.520. The van der Waals surface area contributed by atoms with Gasteiger partial charge in [-0.05, 0) is 41.5 Å². The highest BCUT2D eigenvalue weighted by Gasteiger charge is 2.37. The third-order valence-electron chi connectivity index (χ3n) is 6.69. The molecule has 0 bridgehead atoms. The van der Waals surface area contributed by atoms with Crippen molar-refractivity contribution >= 4 is 33.8 Å². The quantitative estimate of drug-likeness (QED) is 0.710. The molecular formula is C25H31N3O4S. The molecule has 3 aliphatic rings. The number of nitrogens with zero attached hydrogens (tertiary/aromatic N) is 2. The van der Waals surface area contributed by atoms with E-state index in [4.69, 9.17) is 4.74 Å². The second kappa shape index (κ2) is 8.74. The van der Waals surface area contributed by atoms with Gasteiger partial charge in [-0.1, -0.05) is 26.0 Å². The number of nitrogens with one attached hydrogen (secondary N) is 1. The fourth-order valence-corrected chi connectivity index (χ4v) is 6.40. The van der Waals surface area contributed by atoms with Gasteiger partial charge in [0.15, 0.2) is 5.78 Å². The van der Waals surface area contributed by atoms with Gasteiger partial charge in [-0.2, -0.15) is 0 Å². The van der Waals surface area contributed by atoms with Crippen LogP contribution in [0.5, 0.6) is 0 Å². The molecule has 0 unspecified atom stereocenters. The maximum atomic E-state index is 13.1. The van der Waals surface area contributed by atoms with E-state index < -0.39 is 6.10 Å². The number of hydrogen-bond acceptors (Lipinski definition) is 6. The number of ether oxygens (including phenoxy) is 1. The van der Waals surface area contributed by atoms with Crippen molar-refractivity contribution < 1.29 is 19.4 Å².